The summed E-state index contributed by atoms with van der Waals surface area (Å²) in [4.78, 5) is 26.9. The summed E-state index contributed by atoms with van der Waals surface area (Å²) in [6.07, 6.45) is 0. The highest BCUT2D eigenvalue weighted by atomic mass is 16.7. The molecule has 0 saturated carbocycles. The van der Waals surface area contributed by atoms with Gasteiger partial charge in [0.05, 0.1) is 6.54 Å². The van der Waals surface area contributed by atoms with Crippen molar-refractivity contribution in [1.29, 1.82) is 0 Å². The fraction of sp³-hybridized carbons (Fsp3) is 0.500. The van der Waals surface area contributed by atoms with E-state index in [0.29, 0.717) is 13.1 Å². The molecular formula is C16H21N3O4. The molecule has 2 aliphatic heterocycles. The summed E-state index contributed by atoms with van der Waals surface area (Å²) in [6.45, 7) is 5.61. The van der Waals surface area contributed by atoms with E-state index in [9.17, 15) is 9.59 Å². The van der Waals surface area contributed by atoms with Crippen LogP contribution < -0.4 is 14.8 Å². The number of amides is 2. The molecule has 124 valence electrons. The number of benzene rings is 1. The SMILES string of the molecule is CC(=O)NCC(=O)N1CCN(Cc2ccc3c(c2)OCO3)CC1. The molecule has 0 atom stereocenters. The molecule has 23 heavy (non-hydrogen) atoms. The van der Waals surface area contributed by atoms with E-state index < -0.39 is 0 Å². The molecule has 0 spiro atoms. The lowest BCUT2D eigenvalue weighted by molar-refractivity contribution is -0.134. The van der Waals surface area contributed by atoms with E-state index in [1.807, 2.05) is 18.2 Å². The van der Waals surface area contributed by atoms with Gasteiger partial charge in [-0.3, -0.25) is 14.5 Å². The average Bonchev–Trinajstić information content (AvgIpc) is 3.01. The molecule has 0 unspecified atom stereocenters. The van der Waals surface area contributed by atoms with Gasteiger partial charge in [0.1, 0.15) is 0 Å². The summed E-state index contributed by atoms with van der Waals surface area (Å²) in [5.74, 6) is 1.39. The largest absolute Gasteiger partial charge is 0.454 e. The summed E-state index contributed by atoms with van der Waals surface area (Å²) in [7, 11) is 0. The maximum atomic E-state index is 12.0. The number of carbonyl (C=O) groups excluding carboxylic acids is 2. The summed E-state index contributed by atoms with van der Waals surface area (Å²) < 4.78 is 10.7. The summed E-state index contributed by atoms with van der Waals surface area (Å²) >= 11 is 0. The smallest absolute Gasteiger partial charge is 0.242 e. The summed E-state index contributed by atoms with van der Waals surface area (Å²) in [5.41, 5.74) is 1.17. The first-order chi connectivity index (χ1) is 11.1. The fourth-order valence-corrected chi connectivity index (χ4v) is 2.76. The van der Waals surface area contributed by atoms with E-state index in [0.717, 1.165) is 31.1 Å². The normalized spacial score (nSPS) is 17.2. The van der Waals surface area contributed by atoms with Crippen LogP contribution in [0.2, 0.25) is 0 Å². The van der Waals surface area contributed by atoms with Crippen molar-refractivity contribution in [2.45, 2.75) is 13.5 Å². The quantitative estimate of drug-likeness (QED) is 0.858. The van der Waals surface area contributed by atoms with E-state index >= 15 is 0 Å². The third-order valence-corrected chi connectivity index (χ3v) is 4.06. The summed E-state index contributed by atoms with van der Waals surface area (Å²) in [5, 5.41) is 2.55. The molecule has 7 heteroatoms. The lowest BCUT2D eigenvalue weighted by Gasteiger charge is -2.34. The van der Waals surface area contributed by atoms with Crippen molar-refractivity contribution in [2.75, 3.05) is 39.5 Å². The molecule has 0 bridgehead atoms. The number of rotatable bonds is 4. The number of piperazine rings is 1. The minimum absolute atomic E-state index is 0.0251. The van der Waals surface area contributed by atoms with Gasteiger partial charge in [0.15, 0.2) is 11.5 Å². The number of carbonyl (C=O) groups is 2. The van der Waals surface area contributed by atoms with Crippen LogP contribution >= 0.6 is 0 Å². The predicted octanol–water partition coefficient (Wildman–Crippen LogP) is 0.196. The van der Waals surface area contributed by atoms with Crippen LogP contribution in [0.3, 0.4) is 0 Å². The Bertz CT molecular complexity index is 597. The molecule has 1 aromatic rings. The van der Waals surface area contributed by atoms with Gasteiger partial charge in [-0.15, -0.1) is 0 Å². The maximum absolute atomic E-state index is 12.0. The van der Waals surface area contributed by atoms with Gasteiger partial charge < -0.3 is 19.7 Å². The Labute approximate surface area is 135 Å². The molecule has 2 heterocycles. The van der Waals surface area contributed by atoms with Crippen LogP contribution in [0.5, 0.6) is 11.5 Å². The maximum Gasteiger partial charge on any atom is 0.242 e. The molecule has 2 aliphatic rings. The van der Waals surface area contributed by atoms with Crippen molar-refractivity contribution >= 4 is 11.8 Å². The van der Waals surface area contributed by atoms with Crippen LogP contribution in [0.25, 0.3) is 0 Å². The minimum atomic E-state index is -0.181. The number of nitrogens with one attached hydrogen (secondary N) is 1. The first-order valence-electron chi connectivity index (χ1n) is 7.75. The number of hydrogen-bond donors (Lipinski definition) is 1. The molecule has 1 aromatic carbocycles. The first-order valence-corrected chi connectivity index (χ1v) is 7.75. The topological polar surface area (TPSA) is 71.1 Å². The van der Waals surface area contributed by atoms with Crippen LogP contribution in [0.1, 0.15) is 12.5 Å². The van der Waals surface area contributed by atoms with E-state index in [-0.39, 0.29) is 25.2 Å². The van der Waals surface area contributed by atoms with E-state index in [4.69, 9.17) is 9.47 Å². The van der Waals surface area contributed by atoms with Gasteiger partial charge in [0, 0.05) is 39.6 Å². The number of fused-ring (bicyclic) bond motifs is 1. The predicted molar refractivity (Wildman–Crippen MR) is 83.1 cm³/mol. The Balaban J connectivity index is 1.47. The molecule has 1 fully saturated rings. The third kappa shape index (κ3) is 3.92. The molecule has 2 amide bonds. The van der Waals surface area contributed by atoms with Gasteiger partial charge in [-0.25, -0.2) is 0 Å². The average molecular weight is 319 g/mol. The zero-order valence-corrected chi connectivity index (χ0v) is 13.2. The minimum Gasteiger partial charge on any atom is -0.454 e. The highest BCUT2D eigenvalue weighted by Gasteiger charge is 2.21. The Morgan fingerprint density at radius 2 is 1.87 bits per heavy atom. The first kappa shape index (κ1) is 15.6. The number of nitrogens with zero attached hydrogens (tertiary/aromatic N) is 2. The van der Waals surface area contributed by atoms with Crippen molar-refractivity contribution in [3.63, 3.8) is 0 Å². The zero-order valence-electron chi connectivity index (χ0n) is 13.2. The van der Waals surface area contributed by atoms with Crippen molar-refractivity contribution in [2.24, 2.45) is 0 Å². The molecule has 7 nitrogen and oxygen atoms in total. The lowest BCUT2D eigenvalue weighted by Crippen LogP contribution is -2.50. The molecule has 3 rings (SSSR count). The molecule has 1 saturated heterocycles. The number of hydrogen-bond acceptors (Lipinski definition) is 5. The van der Waals surface area contributed by atoms with Gasteiger partial charge >= 0.3 is 0 Å². The number of ether oxygens (including phenoxy) is 2. The lowest BCUT2D eigenvalue weighted by atomic mass is 10.1. The van der Waals surface area contributed by atoms with E-state index in [1.165, 1.54) is 12.5 Å². The molecule has 0 radical (unpaired) electrons. The van der Waals surface area contributed by atoms with Crippen LogP contribution in [0.4, 0.5) is 0 Å². The third-order valence-electron chi connectivity index (χ3n) is 4.06. The molecule has 1 N–H and O–H groups in total. The Morgan fingerprint density at radius 3 is 2.61 bits per heavy atom. The molecule has 0 aliphatic carbocycles. The van der Waals surface area contributed by atoms with Crippen LogP contribution in [0, 0.1) is 0 Å². The van der Waals surface area contributed by atoms with Crippen molar-refractivity contribution in [3.05, 3.63) is 23.8 Å². The second-order valence-corrected chi connectivity index (χ2v) is 5.75. The highest BCUT2D eigenvalue weighted by molar-refractivity contribution is 5.83. The molecule has 0 aromatic heterocycles. The summed E-state index contributed by atoms with van der Waals surface area (Å²) in [6, 6.07) is 5.99. The second-order valence-electron chi connectivity index (χ2n) is 5.75. The standard InChI is InChI=1S/C16H21N3O4/c1-12(20)17-9-16(21)19-6-4-18(5-7-19)10-13-2-3-14-15(8-13)23-11-22-14/h2-3,8H,4-7,9-11H2,1H3,(H,17,20). The van der Waals surface area contributed by atoms with Gasteiger partial charge in [-0.2, -0.15) is 0 Å². The second kappa shape index (κ2) is 6.87. The van der Waals surface area contributed by atoms with E-state index in [1.54, 1.807) is 4.90 Å². The van der Waals surface area contributed by atoms with Crippen molar-refractivity contribution < 1.29 is 19.1 Å². The molecular weight excluding hydrogens is 298 g/mol. The zero-order chi connectivity index (χ0) is 16.2. The Hall–Kier alpha value is -2.28. The Kier molecular flexibility index (Phi) is 4.66. The van der Waals surface area contributed by atoms with Crippen molar-refractivity contribution in [3.8, 4) is 11.5 Å². The van der Waals surface area contributed by atoms with Gasteiger partial charge in [0.25, 0.3) is 0 Å². The fourth-order valence-electron chi connectivity index (χ4n) is 2.76. The Morgan fingerprint density at radius 1 is 1.13 bits per heavy atom. The van der Waals surface area contributed by atoms with Gasteiger partial charge in [-0.05, 0) is 17.7 Å². The monoisotopic (exact) mass is 319 g/mol. The van der Waals surface area contributed by atoms with Gasteiger partial charge in [-0.1, -0.05) is 6.07 Å². The van der Waals surface area contributed by atoms with E-state index in [2.05, 4.69) is 10.2 Å². The van der Waals surface area contributed by atoms with Crippen LogP contribution in [-0.4, -0.2) is 61.1 Å². The van der Waals surface area contributed by atoms with Crippen molar-refractivity contribution in [1.82, 2.24) is 15.1 Å². The van der Waals surface area contributed by atoms with Crippen LogP contribution in [0.15, 0.2) is 18.2 Å². The highest BCUT2D eigenvalue weighted by Crippen LogP contribution is 2.32. The van der Waals surface area contributed by atoms with Crippen LogP contribution in [-0.2, 0) is 16.1 Å². The van der Waals surface area contributed by atoms with Gasteiger partial charge in [0.2, 0.25) is 18.6 Å².